The molecule has 1 amide bonds. The smallest absolute Gasteiger partial charge is 0.251 e. The summed E-state index contributed by atoms with van der Waals surface area (Å²) in [4.78, 5) is 12.3. The van der Waals surface area contributed by atoms with E-state index in [0.29, 0.717) is 12.1 Å². The molecule has 0 bridgehead atoms. The first-order chi connectivity index (χ1) is 9.60. The van der Waals surface area contributed by atoms with Crippen molar-refractivity contribution in [3.05, 3.63) is 29.6 Å². The molecule has 0 saturated heterocycles. The fourth-order valence-corrected chi connectivity index (χ4v) is 2.73. The van der Waals surface area contributed by atoms with Crippen molar-refractivity contribution in [1.82, 2.24) is 5.32 Å². The van der Waals surface area contributed by atoms with E-state index in [2.05, 4.69) is 5.32 Å². The van der Waals surface area contributed by atoms with Gasteiger partial charge in [0.25, 0.3) is 5.91 Å². The van der Waals surface area contributed by atoms with E-state index in [4.69, 9.17) is 10.5 Å². The standard InChI is InChI=1S/C15H21FN2O2/c1-20-13-6-5-11(9-12(13)16)14(19)18-15(10-17)7-3-2-4-8-15/h5-6,9H,2-4,7-8,10,17H2,1H3,(H,18,19). The van der Waals surface area contributed by atoms with Gasteiger partial charge in [-0.05, 0) is 31.0 Å². The van der Waals surface area contributed by atoms with Crippen LogP contribution in [0.2, 0.25) is 0 Å². The minimum absolute atomic E-state index is 0.132. The number of ether oxygens (including phenoxy) is 1. The first kappa shape index (κ1) is 14.8. The van der Waals surface area contributed by atoms with Crippen LogP contribution < -0.4 is 15.8 Å². The predicted octanol–water partition coefficient (Wildman–Crippen LogP) is 2.23. The molecule has 1 aliphatic carbocycles. The highest BCUT2D eigenvalue weighted by Crippen LogP contribution is 2.28. The molecule has 0 atom stereocenters. The highest BCUT2D eigenvalue weighted by molar-refractivity contribution is 5.94. The molecule has 1 aromatic rings. The Kier molecular flexibility index (Phi) is 4.60. The highest BCUT2D eigenvalue weighted by Gasteiger charge is 2.32. The molecule has 0 spiro atoms. The van der Waals surface area contributed by atoms with Gasteiger partial charge in [0.15, 0.2) is 11.6 Å². The second-order valence-electron chi connectivity index (χ2n) is 5.35. The minimum Gasteiger partial charge on any atom is -0.494 e. The third kappa shape index (κ3) is 3.10. The largest absolute Gasteiger partial charge is 0.494 e. The number of nitrogens with one attached hydrogen (secondary N) is 1. The molecule has 1 aliphatic rings. The lowest BCUT2D eigenvalue weighted by Crippen LogP contribution is -2.54. The Balaban J connectivity index is 2.12. The molecular weight excluding hydrogens is 259 g/mol. The number of amides is 1. The zero-order valence-electron chi connectivity index (χ0n) is 11.7. The summed E-state index contributed by atoms with van der Waals surface area (Å²) in [6.45, 7) is 0.414. The summed E-state index contributed by atoms with van der Waals surface area (Å²) in [7, 11) is 1.39. The van der Waals surface area contributed by atoms with Gasteiger partial charge >= 0.3 is 0 Å². The molecule has 0 radical (unpaired) electrons. The average Bonchev–Trinajstić information content (AvgIpc) is 2.48. The Labute approximate surface area is 118 Å². The van der Waals surface area contributed by atoms with Crippen molar-refractivity contribution < 1.29 is 13.9 Å². The molecular formula is C15H21FN2O2. The topological polar surface area (TPSA) is 64.3 Å². The van der Waals surface area contributed by atoms with Crippen molar-refractivity contribution >= 4 is 5.91 Å². The molecule has 4 nitrogen and oxygen atoms in total. The molecule has 5 heteroatoms. The summed E-state index contributed by atoms with van der Waals surface area (Å²) in [5.41, 5.74) is 5.78. The maximum atomic E-state index is 13.6. The average molecular weight is 280 g/mol. The van der Waals surface area contributed by atoms with E-state index in [0.717, 1.165) is 25.7 Å². The van der Waals surface area contributed by atoms with Gasteiger partial charge in [-0.15, -0.1) is 0 Å². The van der Waals surface area contributed by atoms with Gasteiger partial charge in [-0.2, -0.15) is 0 Å². The van der Waals surface area contributed by atoms with Gasteiger partial charge in [-0.25, -0.2) is 4.39 Å². The van der Waals surface area contributed by atoms with Crippen molar-refractivity contribution in [2.24, 2.45) is 5.73 Å². The summed E-state index contributed by atoms with van der Waals surface area (Å²) in [6.07, 6.45) is 5.07. The second kappa shape index (κ2) is 6.22. The molecule has 0 heterocycles. The van der Waals surface area contributed by atoms with Gasteiger partial charge < -0.3 is 15.8 Å². The third-order valence-electron chi connectivity index (χ3n) is 3.99. The molecule has 0 aliphatic heterocycles. The molecule has 0 aromatic heterocycles. The van der Waals surface area contributed by atoms with Crippen molar-refractivity contribution in [1.29, 1.82) is 0 Å². The second-order valence-corrected chi connectivity index (χ2v) is 5.35. The van der Waals surface area contributed by atoms with Crippen LogP contribution >= 0.6 is 0 Å². The third-order valence-corrected chi connectivity index (χ3v) is 3.99. The lowest BCUT2D eigenvalue weighted by atomic mass is 9.81. The van der Waals surface area contributed by atoms with E-state index in [1.165, 1.54) is 25.7 Å². The first-order valence-corrected chi connectivity index (χ1v) is 6.96. The van der Waals surface area contributed by atoms with Crippen LogP contribution in [0.4, 0.5) is 4.39 Å². The predicted molar refractivity (Wildman–Crippen MR) is 75.3 cm³/mol. The van der Waals surface area contributed by atoms with Crippen LogP contribution in [0.5, 0.6) is 5.75 Å². The van der Waals surface area contributed by atoms with Crippen molar-refractivity contribution in [3.8, 4) is 5.75 Å². The van der Waals surface area contributed by atoms with Crippen LogP contribution in [-0.4, -0.2) is 25.1 Å². The molecule has 1 saturated carbocycles. The summed E-state index contributed by atoms with van der Waals surface area (Å²) < 4.78 is 18.5. The number of hydrogen-bond donors (Lipinski definition) is 2. The van der Waals surface area contributed by atoms with Gasteiger partial charge in [0.2, 0.25) is 0 Å². The molecule has 3 N–H and O–H groups in total. The zero-order chi connectivity index (χ0) is 14.6. The number of carbonyl (C=O) groups is 1. The van der Waals surface area contributed by atoms with E-state index in [-0.39, 0.29) is 17.2 Å². The van der Waals surface area contributed by atoms with Gasteiger partial charge in [-0.1, -0.05) is 19.3 Å². The molecule has 1 aromatic carbocycles. The lowest BCUT2D eigenvalue weighted by Gasteiger charge is -2.37. The van der Waals surface area contributed by atoms with Crippen LogP contribution in [0.3, 0.4) is 0 Å². The van der Waals surface area contributed by atoms with Gasteiger partial charge in [0.1, 0.15) is 0 Å². The number of halogens is 1. The maximum Gasteiger partial charge on any atom is 0.251 e. The van der Waals surface area contributed by atoms with Crippen LogP contribution in [0, 0.1) is 5.82 Å². The Morgan fingerprint density at radius 3 is 2.65 bits per heavy atom. The summed E-state index contributed by atoms with van der Waals surface area (Å²) in [5, 5.41) is 2.99. The fraction of sp³-hybridized carbons (Fsp3) is 0.533. The van der Waals surface area contributed by atoms with Crippen LogP contribution in [-0.2, 0) is 0 Å². The Bertz CT molecular complexity index is 485. The monoisotopic (exact) mass is 280 g/mol. The molecule has 2 rings (SSSR count). The summed E-state index contributed by atoms with van der Waals surface area (Å²) in [6, 6.07) is 4.21. The van der Waals surface area contributed by atoms with Crippen molar-refractivity contribution in [2.75, 3.05) is 13.7 Å². The van der Waals surface area contributed by atoms with Crippen molar-refractivity contribution in [2.45, 2.75) is 37.6 Å². The Hall–Kier alpha value is -1.62. The first-order valence-electron chi connectivity index (χ1n) is 6.96. The van der Waals surface area contributed by atoms with E-state index in [9.17, 15) is 9.18 Å². The van der Waals surface area contributed by atoms with Crippen LogP contribution in [0.1, 0.15) is 42.5 Å². The van der Waals surface area contributed by atoms with Gasteiger partial charge in [0, 0.05) is 12.1 Å². The van der Waals surface area contributed by atoms with Crippen LogP contribution in [0.15, 0.2) is 18.2 Å². The fourth-order valence-electron chi connectivity index (χ4n) is 2.73. The molecule has 1 fully saturated rings. The molecule has 0 unspecified atom stereocenters. The van der Waals surface area contributed by atoms with E-state index in [1.807, 2.05) is 0 Å². The van der Waals surface area contributed by atoms with Crippen molar-refractivity contribution in [3.63, 3.8) is 0 Å². The number of hydrogen-bond acceptors (Lipinski definition) is 3. The minimum atomic E-state index is -0.536. The van der Waals surface area contributed by atoms with Crippen LogP contribution in [0.25, 0.3) is 0 Å². The highest BCUT2D eigenvalue weighted by atomic mass is 19.1. The zero-order valence-corrected chi connectivity index (χ0v) is 11.7. The molecule has 110 valence electrons. The SMILES string of the molecule is COc1ccc(C(=O)NC2(CN)CCCCC2)cc1F. The Morgan fingerprint density at radius 2 is 2.10 bits per heavy atom. The van der Waals surface area contributed by atoms with E-state index in [1.54, 1.807) is 6.07 Å². The number of rotatable bonds is 4. The molecule has 20 heavy (non-hydrogen) atoms. The summed E-state index contributed by atoms with van der Waals surface area (Å²) >= 11 is 0. The maximum absolute atomic E-state index is 13.6. The quantitative estimate of drug-likeness (QED) is 0.889. The lowest BCUT2D eigenvalue weighted by molar-refractivity contribution is 0.0874. The number of nitrogens with two attached hydrogens (primary N) is 1. The van der Waals surface area contributed by atoms with E-state index >= 15 is 0 Å². The van der Waals surface area contributed by atoms with Gasteiger partial charge in [-0.3, -0.25) is 4.79 Å². The normalized spacial score (nSPS) is 17.6. The number of benzene rings is 1. The number of methoxy groups -OCH3 is 1. The van der Waals surface area contributed by atoms with Gasteiger partial charge in [0.05, 0.1) is 12.6 Å². The summed E-state index contributed by atoms with van der Waals surface area (Å²) in [5.74, 6) is -0.683. The van der Waals surface area contributed by atoms with E-state index < -0.39 is 5.82 Å². The number of carbonyl (C=O) groups excluding carboxylic acids is 1. The Morgan fingerprint density at radius 1 is 1.40 bits per heavy atom.